The summed E-state index contributed by atoms with van der Waals surface area (Å²) in [6, 6.07) is 6.94. The average molecular weight is 160 g/mol. The molecule has 0 bridgehead atoms. The van der Waals surface area contributed by atoms with Crippen LogP contribution in [0.5, 0.6) is 0 Å². The molecule has 0 fully saturated rings. The SMILES string of the molecule is FCC(F)(F)c1ccccc1. The van der Waals surface area contributed by atoms with Crippen molar-refractivity contribution >= 4 is 0 Å². The molecule has 60 valence electrons. The van der Waals surface area contributed by atoms with Crippen molar-refractivity contribution in [3.05, 3.63) is 35.9 Å². The molecule has 0 aliphatic rings. The highest BCUT2D eigenvalue weighted by Crippen LogP contribution is 2.27. The lowest BCUT2D eigenvalue weighted by atomic mass is 10.1. The molecule has 0 aliphatic carbocycles. The largest absolute Gasteiger partial charge is 0.301 e. The van der Waals surface area contributed by atoms with Gasteiger partial charge in [0.15, 0.2) is 6.67 Å². The summed E-state index contributed by atoms with van der Waals surface area (Å²) in [6.07, 6.45) is 0. The van der Waals surface area contributed by atoms with Crippen LogP contribution in [0.4, 0.5) is 13.2 Å². The molecule has 0 radical (unpaired) electrons. The fourth-order valence-electron chi connectivity index (χ4n) is 0.759. The zero-order chi connectivity index (χ0) is 8.32. The Morgan fingerprint density at radius 2 is 1.64 bits per heavy atom. The van der Waals surface area contributed by atoms with E-state index in [1.807, 2.05) is 0 Å². The first kappa shape index (κ1) is 8.11. The number of rotatable bonds is 2. The van der Waals surface area contributed by atoms with Gasteiger partial charge in [-0.1, -0.05) is 30.3 Å². The van der Waals surface area contributed by atoms with Gasteiger partial charge >= 0.3 is 5.92 Å². The molecule has 0 heterocycles. The second-order valence-corrected chi connectivity index (χ2v) is 2.20. The van der Waals surface area contributed by atoms with Crippen LogP contribution in [0.25, 0.3) is 0 Å². The van der Waals surface area contributed by atoms with E-state index in [0.29, 0.717) is 0 Å². The van der Waals surface area contributed by atoms with Gasteiger partial charge in [0.2, 0.25) is 0 Å². The summed E-state index contributed by atoms with van der Waals surface area (Å²) in [7, 11) is 0. The van der Waals surface area contributed by atoms with Crippen LogP contribution in [-0.4, -0.2) is 6.67 Å². The van der Waals surface area contributed by atoms with Crippen LogP contribution in [0.1, 0.15) is 5.56 Å². The summed E-state index contributed by atoms with van der Waals surface area (Å²) < 4.78 is 36.7. The Bertz CT molecular complexity index is 218. The van der Waals surface area contributed by atoms with Crippen LogP contribution in [-0.2, 0) is 5.92 Å². The lowest BCUT2D eigenvalue weighted by Gasteiger charge is -2.10. The van der Waals surface area contributed by atoms with E-state index in [1.54, 1.807) is 6.07 Å². The van der Waals surface area contributed by atoms with Gasteiger partial charge in [-0.3, -0.25) is 0 Å². The molecule has 0 N–H and O–H groups in total. The molecular weight excluding hydrogens is 153 g/mol. The molecule has 1 aromatic rings. The zero-order valence-corrected chi connectivity index (χ0v) is 5.73. The van der Waals surface area contributed by atoms with Crippen molar-refractivity contribution in [2.24, 2.45) is 0 Å². The van der Waals surface area contributed by atoms with E-state index in [-0.39, 0.29) is 5.56 Å². The fourth-order valence-corrected chi connectivity index (χ4v) is 0.759. The number of benzene rings is 1. The van der Waals surface area contributed by atoms with Gasteiger partial charge in [-0.15, -0.1) is 0 Å². The highest BCUT2D eigenvalue weighted by Gasteiger charge is 2.30. The van der Waals surface area contributed by atoms with Gasteiger partial charge in [0.05, 0.1) is 0 Å². The van der Waals surface area contributed by atoms with E-state index in [0.717, 1.165) is 0 Å². The topological polar surface area (TPSA) is 0 Å². The Hall–Kier alpha value is -0.990. The maximum absolute atomic E-state index is 12.5. The zero-order valence-electron chi connectivity index (χ0n) is 5.73. The smallest absolute Gasteiger partial charge is 0.244 e. The minimum Gasteiger partial charge on any atom is -0.244 e. The Morgan fingerprint density at radius 1 is 1.09 bits per heavy atom. The minimum absolute atomic E-state index is 0.275. The van der Waals surface area contributed by atoms with Crippen LogP contribution in [0.2, 0.25) is 0 Å². The normalized spacial score (nSPS) is 11.5. The van der Waals surface area contributed by atoms with E-state index in [1.165, 1.54) is 24.3 Å². The second kappa shape index (κ2) is 2.95. The molecular formula is C8H7F3. The number of alkyl halides is 3. The summed E-state index contributed by atoms with van der Waals surface area (Å²) in [5, 5.41) is 0. The molecule has 0 unspecified atom stereocenters. The van der Waals surface area contributed by atoms with Gasteiger partial charge in [-0.2, -0.15) is 8.78 Å². The van der Waals surface area contributed by atoms with Crippen molar-refractivity contribution in [1.82, 2.24) is 0 Å². The van der Waals surface area contributed by atoms with Crippen molar-refractivity contribution in [2.45, 2.75) is 5.92 Å². The standard InChI is InChI=1S/C8H7F3/c9-6-8(10,11)7-4-2-1-3-5-7/h1-5H,6H2. The van der Waals surface area contributed by atoms with Crippen LogP contribution in [0.15, 0.2) is 30.3 Å². The first-order chi connectivity index (χ1) is 5.17. The molecule has 0 aromatic heterocycles. The monoisotopic (exact) mass is 160 g/mol. The summed E-state index contributed by atoms with van der Waals surface area (Å²) in [4.78, 5) is 0. The van der Waals surface area contributed by atoms with Crippen molar-refractivity contribution in [1.29, 1.82) is 0 Å². The molecule has 0 saturated heterocycles. The molecule has 0 amide bonds. The lowest BCUT2D eigenvalue weighted by molar-refractivity contribution is -0.0280. The van der Waals surface area contributed by atoms with Crippen molar-refractivity contribution in [2.75, 3.05) is 6.67 Å². The van der Waals surface area contributed by atoms with E-state index < -0.39 is 12.6 Å². The molecule has 1 rings (SSSR count). The van der Waals surface area contributed by atoms with Crippen LogP contribution in [0, 0.1) is 0 Å². The van der Waals surface area contributed by atoms with E-state index in [2.05, 4.69) is 0 Å². The minimum atomic E-state index is -3.33. The van der Waals surface area contributed by atoms with Gasteiger partial charge in [0.1, 0.15) is 0 Å². The molecule has 0 nitrogen and oxygen atoms in total. The first-order valence-electron chi connectivity index (χ1n) is 3.16. The quantitative estimate of drug-likeness (QED) is 0.624. The Morgan fingerprint density at radius 3 is 2.09 bits per heavy atom. The van der Waals surface area contributed by atoms with Crippen molar-refractivity contribution < 1.29 is 13.2 Å². The summed E-state index contributed by atoms with van der Waals surface area (Å²) in [5.74, 6) is -3.33. The third-order valence-electron chi connectivity index (χ3n) is 1.36. The molecule has 0 atom stereocenters. The maximum atomic E-state index is 12.5. The first-order valence-corrected chi connectivity index (χ1v) is 3.16. The van der Waals surface area contributed by atoms with Gasteiger partial charge in [-0.25, -0.2) is 4.39 Å². The van der Waals surface area contributed by atoms with Gasteiger partial charge in [0, 0.05) is 5.56 Å². The van der Waals surface area contributed by atoms with Crippen molar-refractivity contribution in [3.63, 3.8) is 0 Å². The highest BCUT2D eigenvalue weighted by molar-refractivity contribution is 5.19. The van der Waals surface area contributed by atoms with Gasteiger partial charge in [-0.05, 0) is 0 Å². The Kier molecular flexibility index (Phi) is 2.17. The van der Waals surface area contributed by atoms with Crippen LogP contribution < -0.4 is 0 Å². The van der Waals surface area contributed by atoms with Crippen molar-refractivity contribution in [3.8, 4) is 0 Å². The van der Waals surface area contributed by atoms with E-state index in [9.17, 15) is 13.2 Å². The van der Waals surface area contributed by atoms with Gasteiger partial charge < -0.3 is 0 Å². The Balaban J connectivity index is 2.93. The fraction of sp³-hybridized carbons (Fsp3) is 0.250. The third-order valence-corrected chi connectivity index (χ3v) is 1.36. The molecule has 0 saturated carbocycles. The summed E-state index contributed by atoms with van der Waals surface area (Å²) >= 11 is 0. The van der Waals surface area contributed by atoms with Gasteiger partial charge in [0.25, 0.3) is 0 Å². The Labute approximate surface area is 62.7 Å². The predicted molar refractivity (Wildman–Crippen MR) is 36.3 cm³/mol. The average Bonchev–Trinajstić information content (AvgIpc) is 2.06. The highest BCUT2D eigenvalue weighted by atomic mass is 19.3. The number of hydrogen-bond donors (Lipinski definition) is 0. The molecule has 11 heavy (non-hydrogen) atoms. The van der Waals surface area contributed by atoms with E-state index in [4.69, 9.17) is 0 Å². The lowest BCUT2D eigenvalue weighted by Crippen LogP contribution is -2.15. The number of halogens is 3. The third kappa shape index (κ3) is 1.73. The molecule has 1 aromatic carbocycles. The second-order valence-electron chi connectivity index (χ2n) is 2.20. The molecule has 3 heteroatoms. The van der Waals surface area contributed by atoms with Crippen LogP contribution >= 0.6 is 0 Å². The van der Waals surface area contributed by atoms with E-state index >= 15 is 0 Å². The number of hydrogen-bond acceptors (Lipinski definition) is 0. The summed E-state index contributed by atoms with van der Waals surface area (Å²) in [6.45, 7) is -1.64. The molecule has 0 spiro atoms. The predicted octanol–water partition coefficient (Wildman–Crippen LogP) is 2.75. The van der Waals surface area contributed by atoms with Crippen LogP contribution in [0.3, 0.4) is 0 Å². The summed E-state index contributed by atoms with van der Waals surface area (Å²) in [5.41, 5.74) is -0.275. The molecule has 0 aliphatic heterocycles. The maximum Gasteiger partial charge on any atom is 0.301 e.